The van der Waals surface area contributed by atoms with Crippen LogP contribution >= 0.6 is 0 Å². The van der Waals surface area contributed by atoms with Crippen LogP contribution in [0.1, 0.15) is 77.0 Å². The minimum atomic E-state index is 0.533. The first kappa shape index (κ1) is 16.7. The highest BCUT2D eigenvalue weighted by atomic mass is 16.5. The first-order valence-corrected chi connectivity index (χ1v) is 8.40. The molecule has 0 radical (unpaired) electrons. The van der Waals surface area contributed by atoms with E-state index in [1.807, 2.05) is 0 Å². The molecule has 0 unspecified atom stereocenters. The Labute approximate surface area is 119 Å². The van der Waals surface area contributed by atoms with Gasteiger partial charge in [0.05, 0.1) is 6.10 Å². The average Bonchev–Trinajstić information content (AvgIpc) is 2.44. The summed E-state index contributed by atoms with van der Waals surface area (Å²) in [6.45, 7) is 1.69. The maximum absolute atomic E-state index is 6.06. The topological polar surface area (TPSA) is 35.2 Å². The minimum absolute atomic E-state index is 0.533. The second-order valence-electron chi connectivity index (χ2n) is 5.74. The fourth-order valence-electron chi connectivity index (χ4n) is 2.72. The third kappa shape index (κ3) is 10.1. The molecule has 0 aromatic carbocycles. The van der Waals surface area contributed by atoms with Gasteiger partial charge in [0.2, 0.25) is 0 Å². The Hall–Kier alpha value is -0.340. The van der Waals surface area contributed by atoms with Crippen LogP contribution in [0, 0.1) is 0 Å². The second-order valence-corrected chi connectivity index (χ2v) is 5.74. The van der Waals surface area contributed by atoms with E-state index in [1.54, 1.807) is 0 Å². The quantitative estimate of drug-likeness (QED) is 0.541. The van der Waals surface area contributed by atoms with E-state index in [-0.39, 0.29) is 0 Å². The lowest BCUT2D eigenvalue weighted by Crippen LogP contribution is -2.14. The summed E-state index contributed by atoms with van der Waals surface area (Å²) in [4.78, 5) is 0. The molecule has 19 heavy (non-hydrogen) atoms. The van der Waals surface area contributed by atoms with Crippen LogP contribution < -0.4 is 5.73 Å². The molecule has 1 rings (SSSR count). The van der Waals surface area contributed by atoms with E-state index in [2.05, 4.69) is 12.2 Å². The SMILES string of the molecule is NCC/C=C/CCCOC1CCCCCCCCC1. The lowest BCUT2D eigenvalue weighted by Gasteiger charge is -2.19. The molecule has 0 atom stereocenters. The number of unbranched alkanes of at least 4 members (excludes halogenated alkanes) is 1. The number of allylic oxidation sites excluding steroid dienone is 1. The number of rotatable bonds is 7. The first-order valence-electron chi connectivity index (χ1n) is 8.40. The Kier molecular flexibility index (Phi) is 11.2. The molecule has 0 heterocycles. The summed E-state index contributed by atoms with van der Waals surface area (Å²) in [5, 5.41) is 0. The lowest BCUT2D eigenvalue weighted by atomic mass is 9.99. The van der Waals surface area contributed by atoms with Crippen LogP contribution in [0.4, 0.5) is 0 Å². The standard InChI is InChI=1S/C17H33NO/c18-15-11-7-4-8-12-16-19-17-13-9-5-2-1-3-6-10-14-17/h4,7,17H,1-3,5-6,8-16,18H2/b7-4+. The van der Waals surface area contributed by atoms with E-state index in [0.29, 0.717) is 6.10 Å². The maximum atomic E-state index is 6.06. The Morgan fingerprint density at radius 3 is 2.05 bits per heavy atom. The fraction of sp³-hybridized carbons (Fsp3) is 0.882. The van der Waals surface area contributed by atoms with Gasteiger partial charge in [-0.2, -0.15) is 0 Å². The average molecular weight is 267 g/mol. The zero-order valence-corrected chi connectivity index (χ0v) is 12.6. The fourth-order valence-corrected chi connectivity index (χ4v) is 2.72. The Morgan fingerprint density at radius 1 is 0.842 bits per heavy atom. The van der Waals surface area contributed by atoms with E-state index in [9.17, 15) is 0 Å². The Morgan fingerprint density at radius 2 is 1.42 bits per heavy atom. The van der Waals surface area contributed by atoms with Gasteiger partial charge in [-0.25, -0.2) is 0 Å². The highest BCUT2D eigenvalue weighted by Gasteiger charge is 2.09. The lowest BCUT2D eigenvalue weighted by molar-refractivity contribution is 0.0364. The number of hydrogen-bond donors (Lipinski definition) is 1. The summed E-state index contributed by atoms with van der Waals surface area (Å²) in [7, 11) is 0. The van der Waals surface area contributed by atoms with Crippen molar-refractivity contribution < 1.29 is 4.74 Å². The number of nitrogens with two attached hydrogens (primary N) is 1. The summed E-state index contributed by atoms with van der Waals surface area (Å²) in [6.07, 6.45) is 20.6. The molecule has 1 saturated carbocycles. The molecule has 2 nitrogen and oxygen atoms in total. The molecular weight excluding hydrogens is 234 g/mol. The van der Waals surface area contributed by atoms with E-state index in [0.717, 1.165) is 32.4 Å². The second kappa shape index (κ2) is 12.7. The van der Waals surface area contributed by atoms with Crippen LogP contribution in [-0.4, -0.2) is 19.3 Å². The number of hydrogen-bond acceptors (Lipinski definition) is 2. The van der Waals surface area contributed by atoms with Crippen LogP contribution in [-0.2, 0) is 4.74 Å². The van der Waals surface area contributed by atoms with Crippen molar-refractivity contribution in [2.24, 2.45) is 5.73 Å². The molecule has 1 aliphatic carbocycles. The van der Waals surface area contributed by atoms with Crippen molar-refractivity contribution in [1.29, 1.82) is 0 Å². The van der Waals surface area contributed by atoms with Crippen LogP contribution in [0.2, 0.25) is 0 Å². The smallest absolute Gasteiger partial charge is 0.0575 e. The largest absolute Gasteiger partial charge is 0.378 e. The van der Waals surface area contributed by atoms with Gasteiger partial charge in [0, 0.05) is 6.61 Å². The van der Waals surface area contributed by atoms with Crippen molar-refractivity contribution in [2.45, 2.75) is 83.2 Å². The summed E-state index contributed by atoms with van der Waals surface area (Å²) >= 11 is 0. The van der Waals surface area contributed by atoms with Crippen molar-refractivity contribution in [3.05, 3.63) is 12.2 Å². The molecule has 0 aromatic heterocycles. The molecule has 0 spiro atoms. The third-order valence-corrected chi connectivity index (χ3v) is 3.92. The summed E-state index contributed by atoms with van der Waals surface area (Å²) in [5.41, 5.74) is 5.44. The predicted octanol–water partition coefficient (Wildman–Crippen LogP) is 4.58. The minimum Gasteiger partial charge on any atom is -0.378 e. The van der Waals surface area contributed by atoms with Gasteiger partial charge < -0.3 is 10.5 Å². The van der Waals surface area contributed by atoms with Crippen molar-refractivity contribution >= 4 is 0 Å². The highest BCUT2D eigenvalue weighted by Crippen LogP contribution is 2.19. The van der Waals surface area contributed by atoms with Crippen LogP contribution in [0.5, 0.6) is 0 Å². The van der Waals surface area contributed by atoms with Crippen molar-refractivity contribution in [1.82, 2.24) is 0 Å². The maximum Gasteiger partial charge on any atom is 0.0575 e. The Bertz CT molecular complexity index is 205. The third-order valence-electron chi connectivity index (χ3n) is 3.92. The molecule has 2 heteroatoms. The monoisotopic (exact) mass is 267 g/mol. The molecule has 1 aliphatic rings. The van der Waals surface area contributed by atoms with Gasteiger partial charge in [0.15, 0.2) is 0 Å². The molecule has 0 aromatic rings. The molecule has 0 bridgehead atoms. The van der Waals surface area contributed by atoms with Gasteiger partial charge in [-0.1, -0.05) is 57.1 Å². The summed E-state index contributed by atoms with van der Waals surface area (Å²) in [6, 6.07) is 0. The van der Waals surface area contributed by atoms with Gasteiger partial charge >= 0.3 is 0 Å². The van der Waals surface area contributed by atoms with Gasteiger partial charge in [-0.3, -0.25) is 0 Å². The van der Waals surface area contributed by atoms with E-state index in [1.165, 1.54) is 57.8 Å². The summed E-state index contributed by atoms with van der Waals surface area (Å²) in [5.74, 6) is 0. The molecule has 112 valence electrons. The first-order chi connectivity index (χ1) is 9.43. The predicted molar refractivity (Wildman–Crippen MR) is 83.3 cm³/mol. The normalized spacial score (nSPS) is 19.8. The zero-order valence-electron chi connectivity index (χ0n) is 12.6. The van der Waals surface area contributed by atoms with Gasteiger partial charge in [-0.05, 0) is 38.6 Å². The van der Waals surface area contributed by atoms with Crippen LogP contribution in [0.3, 0.4) is 0 Å². The van der Waals surface area contributed by atoms with Crippen molar-refractivity contribution in [3.63, 3.8) is 0 Å². The van der Waals surface area contributed by atoms with Crippen LogP contribution in [0.15, 0.2) is 12.2 Å². The van der Waals surface area contributed by atoms with E-state index >= 15 is 0 Å². The molecule has 0 aliphatic heterocycles. The molecule has 2 N–H and O–H groups in total. The number of ether oxygens (including phenoxy) is 1. The summed E-state index contributed by atoms with van der Waals surface area (Å²) < 4.78 is 6.06. The zero-order chi connectivity index (χ0) is 13.6. The highest BCUT2D eigenvalue weighted by molar-refractivity contribution is 4.81. The van der Waals surface area contributed by atoms with Crippen LogP contribution in [0.25, 0.3) is 0 Å². The van der Waals surface area contributed by atoms with Crippen molar-refractivity contribution in [2.75, 3.05) is 13.2 Å². The van der Waals surface area contributed by atoms with E-state index in [4.69, 9.17) is 10.5 Å². The van der Waals surface area contributed by atoms with Gasteiger partial charge in [-0.15, -0.1) is 0 Å². The molecule has 1 fully saturated rings. The van der Waals surface area contributed by atoms with E-state index < -0.39 is 0 Å². The van der Waals surface area contributed by atoms with Crippen molar-refractivity contribution in [3.8, 4) is 0 Å². The van der Waals surface area contributed by atoms with Gasteiger partial charge in [0.25, 0.3) is 0 Å². The molecule has 0 saturated heterocycles. The molecular formula is C17H33NO. The van der Waals surface area contributed by atoms with Gasteiger partial charge in [0.1, 0.15) is 0 Å². The molecule has 0 amide bonds. The Balaban J connectivity index is 2.04.